The van der Waals surface area contributed by atoms with Crippen molar-refractivity contribution in [2.24, 2.45) is 5.92 Å². The van der Waals surface area contributed by atoms with E-state index in [1.165, 1.54) is 50.8 Å². The predicted molar refractivity (Wildman–Crippen MR) is 110 cm³/mol. The zero-order chi connectivity index (χ0) is 20.8. The average Bonchev–Trinajstić information content (AvgIpc) is 2.66. The van der Waals surface area contributed by atoms with E-state index in [2.05, 4.69) is 5.32 Å². The van der Waals surface area contributed by atoms with E-state index in [1.807, 2.05) is 7.05 Å². The van der Waals surface area contributed by atoms with Gasteiger partial charge in [0.05, 0.1) is 5.25 Å². The van der Waals surface area contributed by atoms with Crippen LogP contribution < -0.4 is 5.32 Å². The van der Waals surface area contributed by atoms with Crippen LogP contribution in [0.4, 0.5) is 0 Å². The lowest BCUT2D eigenvalue weighted by atomic mass is 9.89. The molecular weight excluding hydrogens is 380 g/mol. The SMILES string of the molecule is CC(=O)COCC(=O)NCCCSC(CC=O)C(=O)N(C)CC1CCCCC1. The van der Waals surface area contributed by atoms with Crippen LogP contribution in [-0.4, -0.2) is 73.1 Å². The molecule has 2 amide bonds. The standard InChI is InChI=1S/C20H34N2O5S/c1-16(24)14-27-15-19(25)21-10-6-12-28-18(9-11-23)20(26)22(2)13-17-7-4-3-5-8-17/h11,17-18H,3-10,12-15H2,1-2H3,(H,21,25). The van der Waals surface area contributed by atoms with E-state index >= 15 is 0 Å². The summed E-state index contributed by atoms with van der Waals surface area (Å²) in [7, 11) is 1.83. The van der Waals surface area contributed by atoms with Crippen molar-refractivity contribution in [2.45, 2.75) is 57.1 Å². The Kier molecular flexibility index (Phi) is 12.8. The lowest BCUT2D eigenvalue weighted by molar-refractivity contribution is -0.131. The maximum absolute atomic E-state index is 12.7. The fourth-order valence-electron chi connectivity index (χ4n) is 3.28. The summed E-state index contributed by atoms with van der Waals surface area (Å²) in [5.74, 6) is 0.882. The molecule has 1 rings (SSSR count). The molecule has 1 aliphatic carbocycles. The molecule has 1 saturated carbocycles. The van der Waals surface area contributed by atoms with Gasteiger partial charge in [0.15, 0.2) is 5.78 Å². The Morgan fingerprint density at radius 3 is 2.57 bits per heavy atom. The number of rotatable bonds is 14. The Bertz CT molecular complexity index is 509. The van der Waals surface area contributed by atoms with E-state index in [0.29, 0.717) is 24.6 Å². The van der Waals surface area contributed by atoms with E-state index in [-0.39, 0.29) is 42.5 Å². The zero-order valence-electron chi connectivity index (χ0n) is 17.1. The van der Waals surface area contributed by atoms with E-state index in [4.69, 9.17) is 4.74 Å². The highest BCUT2D eigenvalue weighted by Gasteiger charge is 2.24. The molecule has 1 N–H and O–H groups in total. The molecule has 0 spiro atoms. The molecule has 7 nitrogen and oxygen atoms in total. The van der Waals surface area contributed by atoms with Crippen LogP contribution in [-0.2, 0) is 23.9 Å². The third-order valence-corrected chi connectivity index (χ3v) is 6.04. The lowest BCUT2D eigenvalue weighted by Crippen LogP contribution is -2.38. The van der Waals surface area contributed by atoms with Crippen molar-refractivity contribution in [1.29, 1.82) is 0 Å². The Labute approximate surface area is 172 Å². The predicted octanol–water partition coefficient (Wildman–Crippen LogP) is 1.83. The third-order valence-electron chi connectivity index (χ3n) is 4.72. The van der Waals surface area contributed by atoms with Gasteiger partial charge in [0.1, 0.15) is 19.5 Å². The second-order valence-corrected chi connectivity index (χ2v) is 8.69. The summed E-state index contributed by atoms with van der Waals surface area (Å²) in [6.07, 6.45) is 7.84. The second kappa shape index (κ2) is 14.6. The van der Waals surface area contributed by atoms with Crippen molar-refractivity contribution in [3.05, 3.63) is 0 Å². The summed E-state index contributed by atoms with van der Waals surface area (Å²) in [6.45, 7) is 2.44. The first-order valence-corrected chi connectivity index (χ1v) is 11.1. The largest absolute Gasteiger partial charge is 0.364 e. The Morgan fingerprint density at radius 1 is 1.21 bits per heavy atom. The molecule has 0 aliphatic heterocycles. The molecule has 160 valence electrons. The number of aldehydes is 1. The maximum atomic E-state index is 12.7. The number of amides is 2. The van der Waals surface area contributed by atoms with Crippen molar-refractivity contribution >= 4 is 35.6 Å². The molecule has 0 saturated heterocycles. The maximum Gasteiger partial charge on any atom is 0.246 e. The summed E-state index contributed by atoms with van der Waals surface area (Å²) in [6, 6.07) is 0. The van der Waals surface area contributed by atoms with Crippen LogP contribution in [0.2, 0.25) is 0 Å². The normalized spacial score (nSPS) is 15.6. The van der Waals surface area contributed by atoms with Crippen LogP contribution in [0.5, 0.6) is 0 Å². The number of ketones is 1. The summed E-state index contributed by atoms with van der Waals surface area (Å²) in [5.41, 5.74) is 0. The second-order valence-electron chi connectivity index (χ2n) is 7.38. The van der Waals surface area contributed by atoms with Gasteiger partial charge in [-0.3, -0.25) is 14.4 Å². The fraction of sp³-hybridized carbons (Fsp3) is 0.800. The van der Waals surface area contributed by atoms with Gasteiger partial charge in [-0.25, -0.2) is 0 Å². The number of carbonyl (C=O) groups excluding carboxylic acids is 4. The molecular formula is C20H34N2O5S. The lowest BCUT2D eigenvalue weighted by Gasteiger charge is -2.29. The number of hydrogen-bond acceptors (Lipinski definition) is 6. The number of thioether (sulfide) groups is 1. The Morgan fingerprint density at radius 2 is 1.93 bits per heavy atom. The highest BCUT2D eigenvalue weighted by Crippen LogP contribution is 2.25. The number of nitrogens with zero attached hydrogens (tertiary/aromatic N) is 1. The quantitative estimate of drug-likeness (QED) is 0.344. The molecule has 0 radical (unpaired) electrons. The third kappa shape index (κ3) is 10.8. The molecule has 1 unspecified atom stereocenters. The number of nitrogens with one attached hydrogen (secondary N) is 1. The number of carbonyl (C=O) groups is 4. The van der Waals surface area contributed by atoms with E-state index in [9.17, 15) is 19.2 Å². The van der Waals surface area contributed by atoms with Crippen molar-refractivity contribution in [3.8, 4) is 0 Å². The van der Waals surface area contributed by atoms with Gasteiger partial charge in [0.25, 0.3) is 0 Å². The fourth-order valence-corrected chi connectivity index (χ4v) is 4.42. The molecule has 28 heavy (non-hydrogen) atoms. The zero-order valence-corrected chi connectivity index (χ0v) is 17.9. The van der Waals surface area contributed by atoms with Crippen molar-refractivity contribution in [1.82, 2.24) is 10.2 Å². The monoisotopic (exact) mass is 414 g/mol. The van der Waals surface area contributed by atoms with Gasteiger partial charge < -0.3 is 19.7 Å². The van der Waals surface area contributed by atoms with Gasteiger partial charge in [-0.05, 0) is 37.9 Å². The molecule has 8 heteroatoms. The minimum absolute atomic E-state index is 0.0179. The molecule has 0 heterocycles. The van der Waals surface area contributed by atoms with Crippen LogP contribution in [0.1, 0.15) is 51.9 Å². The van der Waals surface area contributed by atoms with Crippen molar-refractivity contribution < 1.29 is 23.9 Å². The van der Waals surface area contributed by atoms with Gasteiger partial charge in [-0.2, -0.15) is 0 Å². The number of Topliss-reactive ketones (excluding diaryl/α,β-unsaturated/α-hetero) is 1. The van der Waals surface area contributed by atoms with Gasteiger partial charge >= 0.3 is 0 Å². The molecule has 1 atom stereocenters. The minimum atomic E-state index is -0.360. The van der Waals surface area contributed by atoms with Gasteiger partial charge in [-0.1, -0.05) is 19.3 Å². The smallest absolute Gasteiger partial charge is 0.246 e. The molecule has 1 aliphatic rings. The summed E-state index contributed by atoms with van der Waals surface area (Å²) in [5, 5.41) is 2.35. The first kappa shape index (κ1) is 24.6. The van der Waals surface area contributed by atoms with E-state index < -0.39 is 0 Å². The highest BCUT2D eigenvalue weighted by molar-refractivity contribution is 8.00. The molecule has 0 aromatic rings. The van der Waals surface area contributed by atoms with Crippen molar-refractivity contribution in [2.75, 3.05) is 39.1 Å². The average molecular weight is 415 g/mol. The van der Waals surface area contributed by atoms with Crippen LogP contribution in [0.15, 0.2) is 0 Å². The molecule has 1 fully saturated rings. The molecule has 0 aromatic carbocycles. The van der Waals surface area contributed by atoms with Gasteiger partial charge in [0, 0.05) is 26.6 Å². The number of hydrogen-bond donors (Lipinski definition) is 1. The molecule has 0 aromatic heterocycles. The Balaban J connectivity index is 2.25. The van der Waals surface area contributed by atoms with E-state index in [0.717, 1.165) is 12.8 Å². The van der Waals surface area contributed by atoms with Crippen LogP contribution in [0, 0.1) is 5.92 Å². The summed E-state index contributed by atoms with van der Waals surface area (Å²) >= 11 is 1.47. The highest BCUT2D eigenvalue weighted by atomic mass is 32.2. The minimum Gasteiger partial charge on any atom is -0.364 e. The van der Waals surface area contributed by atoms with Crippen LogP contribution >= 0.6 is 11.8 Å². The van der Waals surface area contributed by atoms with Gasteiger partial charge in [0.2, 0.25) is 11.8 Å². The summed E-state index contributed by atoms with van der Waals surface area (Å²) in [4.78, 5) is 47.7. The Hall–Kier alpha value is -1.41. The van der Waals surface area contributed by atoms with Crippen LogP contribution in [0.3, 0.4) is 0 Å². The topological polar surface area (TPSA) is 92.8 Å². The summed E-state index contributed by atoms with van der Waals surface area (Å²) < 4.78 is 4.95. The number of ether oxygens (including phenoxy) is 1. The first-order valence-electron chi connectivity index (χ1n) is 10.1. The van der Waals surface area contributed by atoms with Crippen LogP contribution in [0.25, 0.3) is 0 Å². The first-order chi connectivity index (χ1) is 13.4. The van der Waals surface area contributed by atoms with Gasteiger partial charge in [-0.15, -0.1) is 11.8 Å². The van der Waals surface area contributed by atoms with E-state index in [1.54, 1.807) is 4.90 Å². The molecule has 0 bridgehead atoms. The van der Waals surface area contributed by atoms with Crippen molar-refractivity contribution in [3.63, 3.8) is 0 Å².